The van der Waals surface area contributed by atoms with Gasteiger partial charge in [-0.3, -0.25) is 4.90 Å². The van der Waals surface area contributed by atoms with Gasteiger partial charge in [-0.25, -0.2) is 4.99 Å². The standard InChI is InChI=1S/C21H37N5S/c1-6-22-21(24-16-19-9-8-17(3)14-20(19)27-5)23-15-18(4)26-12-10-25(7-2)11-13-26/h8-9,14,18H,6-7,10-13,15-16H2,1-5H3,(H2,22,23,24). The van der Waals surface area contributed by atoms with Gasteiger partial charge in [-0.15, -0.1) is 11.8 Å². The Labute approximate surface area is 170 Å². The summed E-state index contributed by atoms with van der Waals surface area (Å²) >= 11 is 1.79. The Morgan fingerprint density at radius 2 is 1.93 bits per heavy atom. The van der Waals surface area contributed by atoms with Crippen LogP contribution in [0.5, 0.6) is 0 Å². The molecule has 1 fully saturated rings. The average molecular weight is 392 g/mol. The number of aliphatic imine (C=N–C) groups is 1. The van der Waals surface area contributed by atoms with E-state index in [1.54, 1.807) is 11.8 Å². The van der Waals surface area contributed by atoms with Gasteiger partial charge in [0.25, 0.3) is 0 Å². The van der Waals surface area contributed by atoms with E-state index in [1.807, 2.05) is 0 Å². The van der Waals surface area contributed by atoms with E-state index in [0.717, 1.165) is 38.7 Å². The number of rotatable bonds is 8. The topological polar surface area (TPSA) is 42.9 Å². The smallest absolute Gasteiger partial charge is 0.191 e. The number of thioether (sulfide) groups is 1. The van der Waals surface area contributed by atoms with E-state index in [0.29, 0.717) is 12.6 Å². The van der Waals surface area contributed by atoms with Crippen LogP contribution >= 0.6 is 11.8 Å². The molecule has 6 heteroatoms. The molecule has 1 aromatic carbocycles. The molecule has 0 aromatic heterocycles. The summed E-state index contributed by atoms with van der Waals surface area (Å²) in [5.74, 6) is 0.907. The molecule has 2 N–H and O–H groups in total. The predicted molar refractivity (Wildman–Crippen MR) is 119 cm³/mol. The van der Waals surface area contributed by atoms with E-state index in [-0.39, 0.29) is 0 Å². The van der Waals surface area contributed by atoms with Crippen LogP contribution in [0.4, 0.5) is 0 Å². The van der Waals surface area contributed by atoms with Crippen LogP contribution in [0.2, 0.25) is 0 Å². The van der Waals surface area contributed by atoms with Crippen molar-refractivity contribution in [1.29, 1.82) is 0 Å². The summed E-state index contributed by atoms with van der Waals surface area (Å²) in [6.45, 7) is 17.1. The fraction of sp³-hybridized carbons (Fsp3) is 0.667. The van der Waals surface area contributed by atoms with Gasteiger partial charge < -0.3 is 15.5 Å². The lowest BCUT2D eigenvalue weighted by Gasteiger charge is -2.37. The molecule has 27 heavy (non-hydrogen) atoms. The van der Waals surface area contributed by atoms with Crippen LogP contribution in [0.1, 0.15) is 31.9 Å². The summed E-state index contributed by atoms with van der Waals surface area (Å²) < 4.78 is 0. The highest BCUT2D eigenvalue weighted by atomic mass is 32.2. The second kappa shape index (κ2) is 11.6. The molecule has 0 saturated carbocycles. The minimum atomic E-state index is 0.508. The van der Waals surface area contributed by atoms with Crippen molar-refractivity contribution in [2.45, 2.75) is 45.2 Å². The minimum absolute atomic E-state index is 0.508. The number of guanidine groups is 1. The number of piperazine rings is 1. The van der Waals surface area contributed by atoms with Crippen molar-refractivity contribution in [3.05, 3.63) is 29.3 Å². The highest BCUT2D eigenvalue weighted by Gasteiger charge is 2.20. The van der Waals surface area contributed by atoms with Crippen molar-refractivity contribution in [3.8, 4) is 0 Å². The summed E-state index contributed by atoms with van der Waals surface area (Å²) in [5.41, 5.74) is 2.59. The van der Waals surface area contributed by atoms with Crippen LogP contribution < -0.4 is 10.6 Å². The zero-order chi connectivity index (χ0) is 19.6. The Bertz CT molecular complexity index is 596. The first-order valence-electron chi connectivity index (χ1n) is 10.2. The fourth-order valence-electron chi connectivity index (χ4n) is 3.38. The first-order chi connectivity index (χ1) is 13.1. The van der Waals surface area contributed by atoms with Crippen LogP contribution in [0.25, 0.3) is 0 Å². The lowest BCUT2D eigenvalue weighted by atomic mass is 10.1. The van der Waals surface area contributed by atoms with E-state index < -0.39 is 0 Å². The molecule has 0 radical (unpaired) electrons. The molecule has 2 rings (SSSR count). The molecule has 0 amide bonds. The number of nitrogens with one attached hydrogen (secondary N) is 2. The van der Waals surface area contributed by atoms with E-state index >= 15 is 0 Å². The van der Waals surface area contributed by atoms with Gasteiger partial charge in [-0.2, -0.15) is 0 Å². The fourth-order valence-corrected chi connectivity index (χ4v) is 4.08. The molecule has 1 saturated heterocycles. The SMILES string of the molecule is CCNC(=NCc1ccc(C)cc1SC)NCC(C)N1CCN(CC)CC1. The first-order valence-corrected chi connectivity index (χ1v) is 11.4. The number of hydrogen-bond acceptors (Lipinski definition) is 4. The number of hydrogen-bond donors (Lipinski definition) is 2. The largest absolute Gasteiger partial charge is 0.357 e. The maximum atomic E-state index is 4.82. The van der Waals surface area contributed by atoms with Gasteiger partial charge in [0.2, 0.25) is 0 Å². The third-order valence-electron chi connectivity index (χ3n) is 5.24. The third kappa shape index (κ3) is 7.01. The Morgan fingerprint density at radius 3 is 2.56 bits per heavy atom. The molecule has 0 bridgehead atoms. The van der Waals surface area contributed by atoms with Gasteiger partial charge in [0.15, 0.2) is 5.96 Å². The number of benzene rings is 1. The molecule has 1 aromatic rings. The quantitative estimate of drug-likeness (QED) is 0.405. The van der Waals surface area contributed by atoms with E-state index in [4.69, 9.17) is 4.99 Å². The van der Waals surface area contributed by atoms with Crippen molar-refractivity contribution in [2.24, 2.45) is 4.99 Å². The molecule has 1 aliphatic heterocycles. The maximum absolute atomic E-state index is 4.82. The highest BCUT2D eigenvalue weighted by molar-refractivity contribution is 7.98. The predicted octanol–water partition coefficient (Wildman–Crippen LogP) is 2.80. The number of aryl methyl sites for hydroxylation is 1. The van der Waals surface area contributed by atoms with Gasteiger partial charge in [-0.05, 0) is 50.8 Å². The summed E-state index contributed by atoms with van der Waals surface area (Å²) in [7, 11) is 0. The molecular weight excluding hydrogens is 354 g/mol. The van der Waals surface area contributed by atoms with Gasteiger partial charge in [-0.1, -0.05) is 19.1 Å². The minimum Gasteiger partial charge on any atom is -0.357 e. The number of likely N-dealkylation sites (N-methyl/N-ethyl adjacent to an activating group) is 1. The summed E-state index contributed by atoms with van der Waals surface area (Å²) in [6, 6.07) is 7.12. The molecule has 0 aliphatic carbocycles. The molecule has 1 aliphatic rings. The van der Waals surface area contributed by atoms with Crippen molar-refractivity contribution >= 4 is 17.7 Å². The molecule has 1 heterocycles. The van der Waals surface area contributed by atoms with Gasteiger partial charge in [0.05, 0.1) is 6.54 Å². The molecule has 0 spiro atoms. The zero-order valence-electron chi connectivity index (χ0n) is 17.7. The summed E-state index contributed by atoms with van der Waals surface area (Å²) in [5, 5.41) is 6.92. The molecule has 1 atom stereocenters. The molecule has 152 valence electrons. The zero-order valence-corrected chi connectivity index (χ0v) is 18.5. The highest BCUT2D eigenvalue weighted by Crippen LogP contribution is 2.22. The Morgan fingerprint density at radius 1 is 1.19 bits per heavy atom. The average Bonchev–Trinajstić information content (AvgIpc) is 2.70. The van der Waals surface area contributed by atoms with Crippen LogP contribution in [0.15, 0.2) is 28.1 Å². The molecule has 5 nitrogen and oxygen atoms in total. The lowest BCUT2D eigenvalue weighted by molar-refractivity contribution is 0.107. The summed E-state index contributed by atoms with van der Waals surface area (Å²) in [4.78, 5) is 11.2. The second-order valence-corrected chi connectivity index (χ2v) is 8.06. The van der Waals surface area contributed by atoms with Crippen LogP contribution in [-0.2, 0) is 6.54 Å². The van der Waals surface area contributed by atoms with Gasteiger partial charge in [0.1, 0.15) is 0 Å². The van der Waals surface area contributed by atoms with Crippen molar-refractivity contribution in [1.82, 2.24) is 20.4 Å². The Hall–Kier alpha value is -1.24. The Balaban J connectivity index is 1.90. The molecule has 1 unspecified atom stereocenters. The van der Waals surface area contributed by atoms with E-state index in [2.05, 4.69) is 72.6 Å². The van der Waals surface area contributed by atoms with Crippen LogP contribution in [-0.4, -0.2) is 73.9 Å². The first kappa shape index (κ1) is 22.1. The second-order valence-electron chi connectivity index (χ2n) is 7.21. The van der Waals surface area contributed by atoms with Crippen molar-refractivity contribution in [3.63, 3.8) is 0 Å². The maximum Gasteiger partial charge on any atom is 0.191 e. The monoisotopic (exact) mass is 391 g/mol. The van der Waals surface area contributed by atoms with Gasteiger partial charge >= 0.3 is 0 Å². The van der Waals surface area contributed by atoms with Crippen LogP contribution in [0.3, 0.4) is 0 Å². The third-order valence-corrected chi connectivity index (χ3v) is 6.06. The molecular formula is C21H37N5S. The normalized spacial score (nSPS) is 17.7. The Kier molecular flexibility index (Phi) is 9.45. The number of nitrogens with zero attached hydrogens (tertiary/aromatic N) is 3. The van der Waals surface area contributed by atoms with E-state index in [1.165, 1.54) is 29.1 Å². The lowest BCUT2D eigenvalue weighted by Crippen LogP contribution is -2.53. The van der Waals surface area contributed by atoms with Crippen molar-refractivity contribution < 1.29 is 0 Å². The van der Waals surface area contributed by atoms with Gasteiger partial charge in [0, 0.05) is 50.2 Å². The van der Waals surface area contributed by atoms with Crippen LogP contribution in [0, 0.1) is 6.92 Å². The van der Waals surface area contributed by atoms with Crippen molar-refractivity contribution in [2.75, 3.05) is 52.1 Å². The summed E-state index contributed by atoms with van der Waals surface area (Å²) in [6.07, 6.45) is 2.13. The van der Waals surface area contributed by atoms with E-state index in [9.17, 15) is 0 Å².